The van der Waals surface area contributed by atoms with Gasteiger partial charge in [0.1, 0.15) is 0 Å². The Morgan fingerprint density at radius 2 is 2.31 bits per heavy atom. The first kappa shape index (κ1) is 13.6. The summed E-state index contributed by atoms with van der Waals surface area (Å²) in [7, 11) is 0. The molecule has 0 saturated carbocycles. The van der Waals surface area contributed by atoms with Crippen LogP contribution in [0.15, 0.2) is 12.4 Å². The third-order valence-corrected chi connectivity index (χ3v) is 3.40. The van der Waals surface area contributed by atoms with Crippen molar-refractivity contribution in [2.75, 3.05) is 18.1 Å². The molecule has 1 rings (SSSR count). The van der Waals surface area contributed by atoms with E-state index in [1.165, 1.54) is 17.7 Å². The van der Waals surface area contributed by atoms with Gasteiger partial charge in [0.2, 0.25) is 0 Å². The van der Waals surface area contributed by atoms with Crippen LogP contribution in [0.25, 0.3) is 0 Å². The summed E-state index contributed by atoms with van der Waals surface area (Å²) in [4.78, 5) is 0. The topological polar surface area (TPSA) is 29.9 Å². The van der Waals surface area contributed by atoms with Gasteiger partial charge < -0.3 is 5.32 Å². The highest BCUT2D eigenvalue weighted by atomic mass is 32.2. The number of nitrogens with one attached hydrogen (secondary N) is 1. The summed E-state index contributed by atoms with van der Waals surface area (Å²) in [5.74, 6) is 2.33. The van der Waals surface area contributed by atoms with E-state index in [1.54, 1.807) is 0 Å². The average molecular weight is 241 g/mol. The van der Waals surface area contributed by atoms with Crippen LogP contribution < -0.4 is 5.32 Å². The van der Waals surface area contributed by atoms with Crippen molar-refractivity contribution >= 4 is 11.8 Å². The predicted octanol–water partition coefficient (Wildman–Crippen LogP) is 2.70. The third-order valence-electron chi connectivity index (χ3n) is 2.52. The molecule has 0 spiro atoms. The van der Waals surface area contributed by atoms with Crippen molar-refractivity contribution < 1.29 is 0 Å². The van der Waals surface area contributed by atoms with Crippen molar-refractivity contribution in [1.82, 2.24) is 15.1 Å². The molecule has 1 aromatic heterocycles. The molecule has 92 valence electrons. The van der Waals surface area contributed by atoms with Crippen molar-refractivity contribution in [2.45, 2.75) is 39.8 Å². The minimum atomic E-state index is 0.410. The molecule has 1 N–H and O–H groups in total. The molecule has 1 unspecified atom stereocenters. The molecule has 0 amide bonds. The second-order valence-corrected chi connectivity index (χ2v) is 5.30. The lowest BCUT2D eigenvalue weighted by molar-refractivity contribution is 0.569. The average Bonchev–Trinajstić information content (AvgIpc) is 2.75. The molecule has 0 saturated heterocycles. The number of hydrogen-bond donors (Lipinski definition) is 1. The SMILES string of the molecule is CCCNC(C)c1cnn(CCSCC)c1. The van der Waals surface area contributed by atoms with E-state index in [0.29, 0.717) is 6.04 Å². The van der Waals surface area contributed by atoms with Gasteiger partial charge in [0.25, 0.3) is 0 Å². The fourth-order valence-corrected chi connectivity index (χ4v) is 2.11. The summed E-state index contributed by atoms with van der Waals surface area (Å²) in [6.07, 6.45) is 5.30. The van der Waals surface area contributed by atoms with Crippen molar-refractivity contribution in [1.29, 1.82) is 0 Å². The normalized spacial score (nSPS) is 12.9. The van der Waals surface area contributed by atoms with Crippen LogP contribution >= 0.6 is 11.8 Å². The molecule has 1 heterocycles. The van der Waals surface area contributed by atoms with E-state index in [2.05, 4.69) is 37.4 Å². The van der Waals surface area contributed by atoms with Gasteiger partial charge in [0.15, 0.2) is 0 Å². The smallest absolute Gasteiger partial charge is 0.0537 e. The van der Waals surface area contributed by atoms with E-state index in [9.17, 15) is 0 Å². The molecule has 0 fully saturated rings. The largest absolute Gasteiger partial charge is 0.310 e. The van der Waals surface area contributed by atoms with Crippen LogP contribution in [0.1, 0.15) is 38.8 Å². The second kappa shape index (κ2) is 7.74. The van der Waals surface area contributed by atoms with Gasteiger partial charge in [0, 0.05) is 30.1 Å². The number of nitrogens with zero attached hydrogens (tertiary/aromatic N) is 2. The third kappa shape index (κ3) is 4.58. The van der Waals surface area contributed by atoms with Crippen LogP contribution in [0.3, 0.4) is 0 Å². The zero-order valence-corrected chi connectivity index (χ0v) is 11.4. The fraction of sp³-hybridized carbons (Fsp3) is 0.750. The van der Waals surface area contributed by atoms with Crippen molar-refractivity contribution in [3.63, 3.8) is 0 Å². The first-order valence-electron chi connectivity index (χ1n) is 6.11. The van der Waals surface area contributed by atoms with E-state index >= 15 is 0 Å². The summed E-state index contributed by atoms with van der Waals surface area (Å²) < 4.78 is 2.04. The monoisotopic (exact) mass is 241 g/mol. The molecule has 0 radical (unpaired) electrons. The lowest BCUT2D eigenvalue weighted by Crippen LogP contribution is -2.18. The molecule has 16 heavy (non-hydrogen) atoms. The number of aromatic nitrogens is 2. The van der Waals surface area contributed by atoms with E-state index in [4.69, 9.17) is 0 Å². The van der Waals surface area contributed by atoms with E-state index in [1.807, 2.05) is 22.6 Å². The first-order valence-corrected chi connectivity index (χ1v) is 7.26. The Bertz CT molecular complexity index is 286. The molecule has 0 aliphatic carbocycles. The van der Waals surface area contributed by atoms with Gasteiger partial charge in [-0.2, -0.15) is 16.9 Å². The maximum atomic E-state index is 4.38. The maximum absolute atomic E-state index is 4.38. The van der Waals surface area contributed by atoms with Crippen molar-refractivity contribution in [3.05, 3.63) is 18.0 Å². The van der Waals surface area contributed by atoms with Crippen molar-refractivity contribution in [2.24, 2.45) is 0 Å². The summed E-state index contributed by atoms with van der Waals surface area (Å²) in [5, 5.41) is 7.85. The van der Waals surface area contributed by atoms with Gasteiger partial charge in [-0.15, -0.1) is 0 Å². The van der Waals surface area contributed by atoms with E-state index in [-0.39, 0.29) is 0 Å². The lowest BCUT2D eigenvalue weighted by Gasteiger charge is -2.10. The summed E-state index contributed by atoms with van der Waals surface area (Å²) in [5.41, 5.74) is 1.29. The number of aryl methyl sites for hydroxylation is 1. The number of hydrogen-bond acceptors (Lipinski definition) is 3. The molecular formula is C12H23N3S. The first-order chi connectivity index (χ1) is 7.77. The zero-order valence-electron chi connectivity index (χ0n) is 10.6. The summed E-state index contributed by atoms with van der Waals surface area (Å²) >= 11 is 1.96. The maximum Gasteiger partial charge on any atom is 0.0537 e. The van der Waals surface area contributed by atoms with E-state index < -0.39 is 0 Å². The number of thioether (sulfide) groups is 1. The fourth-order valence-electron chi connectivity index (χ4n) is 1.51. The Labute approximate surface area is 103 Å². The van der Waals surface area contributed by atoms with Gasteiger partial charge in [0.05, 0.1) is 6.20 Å². The van der Waals surface area contributed by atoms with Crippen LogP contribution in [-0.4, -0.2) is 27.8 Å². The Balaban J connectivity index is 2.37. The minimum absolute atomic E-state index is 0.410. The Hall–Kier alpha value is -0.480. The summed E-state index contributed by atoms with van der Waals surface area (Å²) in [6.45, 7) is 8.65. The Morgan fingerprint density at radius 1 is 1.50 bits per heavy atom. The molecule has 0 bridgehead atoms. The number of rotatable bonds is 8. The zero-order chi connectivity index (χ0) is 11.8. The van der Waals surface area contributed by atoms with Gasteiger partial charge in [-0.1, -0.05) is 13.8 Å². The Morgan fingerprint density at radius 3 is 3.00 bits per heavy atom. The van der Waals surface area contributed by atoms with Crippen LogP contribution in [0.4, 0.5) is 0 Å². The van der Waals surface area contributed by atoms with E-state index in [0.717, 1.165) is 18.8 Å². The highest BCUT2D eigenvalue weighted by molar-refractivity contribution is 7.99. The molecule has 3 nitrogen and oxygen atoms in total. The molecule has 1 atom stereocenters. The Kier molecular flexibility index (Phi) is 6.57. The van der Waals surface area contributed by atoms with Crippen LogP contribution in [-0.2, 0) is 6.54 Å². The molecule has 0 aromatic carbocycles. The van der Waals surface area contributed by atoms with Crippen LogP contribution in [0, 0.1) is 0 Å². The molecule has 0 aliphatic rings. The van der Waals surface area contributed by atoms with Gasteiger partial charge in [-0.25, -0.2) is 0 Å². The quantitative estimate of drug-likeness (QED) is 0.710. The molecule has 1 aromatic rings. The van der Waals surface area contributed by atoms with Crippen LogP contribution in [0.5, 0.6) is 0 Å². The second-order valence-electron chi connectivity index (χ2n) is 3.91. The minimum Gasteiger partial charge on any atom is -0.310 e. The molecular weight excluding hydrogens is 218 g/mol. The standard InChI is InChI=1S/C12H23N3S/c1-4-6-13-11(3)12-9-14-15(10-12)7-8-16-5-2/h9-11,13H,4-8H2,1-3H3. The van der Waals surface area contributed by atoms with Crippen molar-refractivity contribution in [3.8, 4) is 0 Å². The summed E-state index contributed by atoms with van der Waals surface area (Å²) in [6, 6.07) is 0.410. The van der Waals surface area contributed by atoms with Crippen LogP contribution in [0.2, 0.25) is 0 Å². The molecule has 0 aliphatic heterocycles. The van der Waals surface area contributed by atoms with Gasteiger partial charge in [-0.05, 0) is 25.6 Å². The highest BCUT2D eigenvalue weighted by Gasteiger charge is 2.06. The van der Waals surface area contributed by atoms with Gasteiger partial charge in [-0.3, -0.25) is 4.68 Å². The van der Waals surface area contributed by atoms with Gasteiger partial charge >= 0.3 is 0 Å². The highest BCUT2D eigenvalue weighted by Crippen LogP contribution is 2.11. The molecule has 4 heteroatoms. The lowest BCUT2D eigenvalue weighted by atomic mass is 10.2. The predicted molar refractivity (Wildman–Crippen MR) is 71.9 cm³/mol.